The molecule has 0 fully saturated rings. The van der Waals surface area contributed by atoms with Gasteiger partial charge in [-0.1, -0.05) is 18.2 Å². The van der Waals surface area contributed by atoms with E-state index in [4.69, 9.17) is 0 Å². The number of rotatable bonds is 4. The number of hydrogen-bond acceptors (Lipinski definition) is 3. The standard InChI is InChI=1S/C13H13NO2S/c1-17-9-5-4-8-14-12(15)10-6-2-3-7-11(10)13(14)16/h2-3,5-7,9H,4,8H2,1H3. The highest BCUT2D eigenvalue weighted by molar-refractivity contribution is 8.01. The number of thioether (sulfide) groups is 1. The molecule has 1 aliphatic rings. The van der Waals surface area contributed by atoms with Crippen molar-refractivity contribution < 1.29 is 9.59 Å². The topological polar surface area (TPSA) is 37.4 Å². The number of amides is 2. The predicted molar refractivity (Wildman–Crippen MR) is 69.1 cm³/mol. The number of fused-ring (bicyclic) bond motifs is 1. The Labute approximate surface area is 104 Å². The Morgan fingerprint density at radius 2 is 1.76 bits per heavy atom. The van der Waals surface area contributed by atoms with Crippen LogP contribution in [0.4, 0.5) is 0 Å². The van der Waals surface area contributed by atoms with Crippen LogP contribution >= 0.6 is 11.8 Å². The van der Waals surface area contributed by atoms with Crippen LogP contribution in [0.25, 0.3) is 0 Å². The third-order valence-electron chi connectivity index (χ3n) is 2.63. The van der Waals surface area contributed by atoms with Crippen molar-refractivity contribution in [1.82, 2.24) is 4.90 Å². The second-order valence-corrected chi connectivity index (χ2v) is 4.45. The van der Waals surface area contributed by atoms with Gasteiger partial charge in [0.2, 0.25) is 0 Å². The van der Waals surface area contributed by atoms with Crippen molar-refractivity contribution >= 4 is 23.6 Å². The fourth-order valence-electron chi connectivity index (χ4n) is 1.81. The van der Waals surface area contributed by atoms with Crippen LogP contribution in [0.2, 0.25) is 0 Å². The molecular formula is C13H13NO2S. The zero-order valence-electron chi connectivity index (χ0n) is 9.55. The molecule has 2 rings (SSSR count). The van der Waals surface area contributed by atoms with Gasteiger partial charge in [0.05, 0.1) is 11.1 Å². The van der Waals surface area contributed by atoms with Crippen LogP contribution in [-0.4, -0.2) is 29.5 Å². The van der Waals surface area contributed by atoms with Gasteiger partial charge in [0.1, 0.15) is 0 Å². The highest BCUT2D eigenvalue weighted by Gasteiger charge is 2.34. The maximum absolute atomic E-state index is 11.9. The lowest BCUT2D eigenvalue weighted by Gasteiger charge is -2.11. The van der Waals surface area contributed by atoms with E-state index in [-0.39, 0.29) is 11.8 Å². The molecule has 1 heterocycles. The van der Waals surface area contributed by atoms with Crippen molar-refractivity contribution in [3.8, 4) is 0 Å². The molecular weight excluding hydrogens is 234 g/mol. The zero-order chi connectivity index (χ0) is 12.3. The van der Waals surface area contributed by atoms with Crippen molar-refractivity contribution in [3.63, 3.8) is 0 Å². The molecule has 0 saturated heterocycles. The summed E-state index contributed by atoms with van der Waals surface area (Å²) in [5, 5.41) is 1.96. The van der Waals surface area contributed by atoms with Gasteiger partial charge < -0.3 is 0 Å². The van der Waals surface area contributed by atoms with E-state index in [1.165, 1.54) is 4.90 Å². The minimum Gasteiger partial charge on any atom is -0.274 e. The molecule has 1 aromatic rings. The maximum atomic E-state index is 11.9. The molecule has 0 spiro atoms. The average molecular weight is 247 g/mol. The van der Waals surface area contributed by atoms with Crippen LogP contribution < -0.4 is 0 Å². The predicted octanol–water partition coefficient (Wildman–Crippen LogP) is 2.55. The first kappa shape index (κ1) is 11.9. The van der Waals surface area contributed by atoms with Crippen LogP contribution in [0.3, 0.4) is 0 Å². The molecule has 0 aliphatic carbocycles. The molecule has 0 aromatic heterocycles. The summed E-state index contributed by atoms with van der Waals surface area (Å²) in [6.07, 6.45) is 4.64. The van der Waals surface area contributed by atoms with Gasteiger partial charge in [0.25, 0.3) is 11.8 Å². The highest BCUT2D eigenvalue weighted by atomic mass is 32.2. The molecule has 1 aromatic carbocycles. The lowest BCUT2D eigenvalue weighted by molar-refractivity contribution is 0.0657. The van der Waals surface area contributed by atoms with Crippen molar-refractivity contribution in [3.05, 3.63) is 46.9 Å². The summed E-state index contributed by atoms with van der Waals surface area (Å²) in [6, 6.07) is 6.96. The Bertz CT molecular complexity index is 447. The summed E-state index contributed by atoms with van der Waals surface area (Å²) in [6.45, 7) is 0.448. The van der Waals surface area contributed by atoms with Crippen molar-refractivity contribution in [2.75, 3.05) is 12.8 Å². The average Bonchev–Trinajstić information content (AvgIpc) is 2.60. The summed E-state index contributed by atoms with van der Waals surface area (Å²) < 4.78 is 0. The van der Waals surface area contributed by atoms with E-state index in [1.807, 2.05) is 17.7 Å². The number of hydrogen-bond donors (Lipinski definition) is 0. The molecule has 4 heteroatoms. The quantitative estimate of drug-likeness (QED) is 0.767. The van der Waals surface area contributed by atoms with E-state index in [1.54, 1.807) is 36.0 Å². The second-order valence-electron chi connectivity index (χ2n) is 3.70. The first-order valence-corrected chi connectivity index (χ1v) is 6.67. The molecule has 0 atom stereocenters. The fourth-order valence-corrected chi connectivity index (χ4v) is 2.14. The second kappa shape index (κ2) is 5.19. The van der Waals surface area contributed by atoms with E-state index < -0.39 is 0 Å². The van der Waals surface area contributed by atoms with Gasteiger partial charge in [-0.15, -0.1) is 11.8 Å². The normalized spacial score (nSPS) is 14.8. The van der Waals surface area contributed by atoms with Gasteiger partial charge in [-0.05, 0) is 30.2 Å². The SMILES string of the molecule is CSC=CCCN1C(=O)c2ccccc2C1=O. The first-order valence-electron chi connectivity index (χ1n) is 5.38. The summed E-state index contributed by atoms with van der Waals surface area (Å²) in [5.74, 6) is -0.355. The van der Waals surface area contributed by atoms with Crippen LogP contribution in [0.15, 0.2) is 35.7 Å². The van der Waals surface area contributed by atoms with Gasteiger partial charge in [-0.2, -0.15) is 0 Å². The fraction of sp³-hybridized carbons (Fsp3) is 0.231. The van der Waals surface area contributed by atoms with Crippen LogP contribution in [0.1, 0.15) is 27.1 Å². The Kier molecular flexibility index (Phi) is 3.64. The Morgan fingerprint density at radius 3 is 2.29 bits per heavy atom. The molecule has 17 heavy (non-hydrogen) atoms. The molecule has 0 bridgehead atoms. The number of imide groups is 1. The van der Waals surface area contributed by atoms with Crippen LogP contribution in [-0.2, 0) is 0 Å². The number of nitrogens with zero attached hydrogens (tertiary/aromatic N) is 1. The molecule has 3 nitrogen and oxygen atoms in total. The maximum Gasteiger partial charge on any atom is 0.261 e. The van der Waals surface area contributed by atoms with Crippen molar-refractivity contribution in [2.24, 2.45) is 0 Å². The number of carbonyl (C=O) groups excluding carboxylic acids is 2. The summed E-state index contributed by atoms with van der Waals surface area (Å²) in [7, 11) is 0. The summed E-state index contributed by atoms with van der Waals surface area (Å²) in [5.41, 5.74) is 1.04. The molecule has 0 radical (unpaired) electrons. The summed E-state index contributed by atoms with van der Waals surface area (Å²) in [4.78, 5) is 25.2. The number of carbonyl (C=O) groups is 2. The smallest absolute Gasteiger partial charge is 0.261 e. The number of benzene rings is 1. The minimum atomic E-state index is -0.178. The Hall–Kier alpha value is -1.55. The van der Waals surface area contributed by atoms with Gasteiger partial charge in [0.15, 0.2) is 0 Å². The van der Waals surface area contributed by atoms with E-state index in [0.717, 1.165) is 0 Å². The molecule has 1 aliphatic heterocycles. The van der Waals surface area contributed by atoms with Crippen molar-refractivity contribution in [2.45, 2.75) is 6.42 Å². The van der Waals surface area contributed by atoms with E-state index in [2.05, 4.69) is 0 Å². The van der Waals surface area contributed by atoms with Crippen molar-refractivity contribution in [1.29, 1.82) is 0 Å². The van der Waals surface area contributed by atoms with Gasteiger partial charge in [-0.25, -0.2) is 0 Å². The van der Waals surface area contributed by atoms with E-state index >= 15 is 0 Å². The lowest BCUT2D eigenvalue weighted by atomic mass is 10.1. The monoisotopic (exact) mass is 247 g/mol. The third-order valence-corrected chi connectivity index (χ3v) is 3.09. The first-order chi connectivity index (χ1) is 8.25. The van der Waals surface area contributed by atoms with E-state index in [0.29, 0.717) is 24.1 Å². The molecule has 0 unspecified atom stereocenters. The molecule has 0 N–H and O–H groups in total. The Balaban J connectivity index is 2.11. The Morgan fingerprint density at radius 1 is 1.18 bits per heavy atom. The van der Waals surface area contributed by atoms with Crippen LogP contribution in [0.5, 0.6) is 0 Å². The third kappa shape index (κ3) is 2.26. The largest absolute Gasteiger partial charge is 0.274 e. The van der Waals surface area contributed by atoms with Gasteiger partial charge in [0, 0.05) is 6.54 Å². The highest BCUT2D eigenvalue weighted by Crippen LogP contribution is 2.22. The lowest BCUT2D eigenvalue weighted by Crippen LogP contribution is -2.30. The van der Waals surface area contributed by atoms with Crippen LogP contribution in [0, 0.1) is 0 Å². The summed E-state index contributed by atoms with van der Waals surface area (Å²) >= 11 is 1.60. The molecule has 88 valence electrons. The van der Waals surface area contributed by atoms with E-state index in [9.17, 15) is 9.59 Å². The zero-order valence-corrected chi connectivity index (χ0v) is 10.4. The van der Waals surface area contributed by atoms with Gasteiger partial charge in [-0.3, -0.25) is 14.5 Å². The van der Waals surface area contributed by atoms with Gasteiger partial charge >= 0.3 is 0 Å². The molecule has 2 amide bonds. The molecule has 0 saturated carbocycles. The minimum absolute atomic E-state index is 0.178.